The first kappa shape index (κ1) is 20.1. The molecule has 150 valence electrons. The fraction of sp³-hybridized carbons (Fsp3) is 0.435. The Balaban J connectivity index is 1.53. The molecule has 0 fully saturated rings. The fourth-order valence-corrected chi connectivity index (χ4v) is 3.72. The Hall–Kier alpha value is -2.69. The highest BCUT2D eigenvalue weighted by Gasteiger charge is 2.24. The number of fused-ring (bicyclic) bond motifs is 1. The van der Waals surface area contributed by atoms with Crippen LogP contribution >= 0.6 is 0 Å². The van der Waals surface area contributed by atoms with E-state index in [0.29, 0.717) is 42.9 Å². The molecule has 28 heavy (non-hydrogen) atoms. The number of benzene rings is 2. The minimum Gasteiger partial charge on any atom is -0.490 e. The Kier molecular flexibility index (Phi) is 6.80. The molecule has 5 heteroatoms. The van der Waals surface area contributed by atoms with E-state index in [4.69, 9.17) is 9.47 Å². The van der Waals surface area contributed by atoms with Gasteiger partial charge in [-0.2, -0.15) is 0 Å². The molecule has 1 aliphatic heterocycles. The summed E-state index contributed by atoms with van der Waals surface area (Å²) in [5, 5.41) is 3.02. The summed E-state index contributed by atoms with van der Waals surface area (Å²) in [6.07, 6.45) is 1.99. The van der Waals surface area contributed by atoms with Crippen LogP contribution in [0.3, 0.4) is 0 Å². The first-order valence-electron chi connectivity index (χ1n) is 10.2. The number of carbonyl (C=O) groups excluding carboxylic acids is 1. The van der Waals surface area contributed by atoms with Crippen molar-refractivity contribution in [2.24, 2.45) is 0 Å². The summed E-state index contributed by atoms with van der Waals surface area (Å²) in [6, 6.07) is 14.4. The second kappa shape index (κ2) is 9.49. The number of rotatable bonds is 9. The van der Waals surface area contributed by atoms with Crippen molar-refractivity contribution in [2.75, 3.05) is 31.2 Å². The number of para-hydroxylation sites is 1. The van der Waals surface area contributed by atoms with E-state index in [1.165, 1.54) is 11.3 Å². The normalized spacial score (nSPS) is 15.2. The third kappa shape index (κ3) is 4.58. The predicted molar refractivity (Wildman–Crippen MR) is 113 cm³/mol. The molecule has 1 aliphatic rings. The molecule has 0 aliphatic carbocycles. The Morgan fingerprint density at radius 2 is 1.86 bits per heavy atom. The highest BCUT2D eigenvalue weighted by molar-refractivity contribution is 5.94. The van der Waals surface area contributed by atoms with Crippen molar-refractivity contribution in [3.63, 3.8) is 0 Å². The number of carbonyl (C=O) groups is 1. The molecule has 1 N–H and O–H groups in total. The van der Waals surface area contributed by atoms with Crippen LogP contribution in [-0.4, -0.2) is 38.3 Å². The van der Waals surface area contributed by atoms with Gasteiger partial charge >= 0.3 is 0 Å². The number of anilines is 1. The van der Waals surface area contributed by atoms with Crippen LogP contribution in [0.25, 0.3) is 0 Å². The van der Waals surface area contributed by atoms with Gasteiger partial charge in [0.2, 0.25) is 0 Å². The molecule has 0 bridgehead atoms. The van der Waals surface area contributed by atoms with E-state index < -0.39 is 0 Å². The summed E-state index contributed by atoms with van der Waals surface area (Å²) in [7, 11) is 0. The van der Waals surface area contributed by atoms with E-state index in [2.05, 4.69) is 41.4 Å². The van der Waals surface area contributed by atoms with Crippen molar-refractivity contribution in [3.8, 4) is 11.5 Å². The van der Waals surface area contributed by atoms with Gasteiger partial charge in [0.25, 0.3) is 5.91 Å². The molecular formula is C23H30N2O3. The summed E-state index contributed by atoms with van der Waals surface area (Å²) >= 11 is 0. The van der Waals surface area contributed by atoms with Gasteiger partial charge in [0.05, 0.1) is 13.2 Å². The molecule has 1 atom stereocenters. The molecule has 0 saturated heterocycles. The molecule has 2 aromatic rings. The van der Waals surface area contributed by atoms with E-state index in [1.54, 1.807) is 18.2 Å². The number of hydrogen-bond donors (Lipinski definition) is 1. The smallest absolute Gasteiger partial charge is 0.251 e. The second-order valence-corrected chi connectivity index (χ2v) is 7.01. The van der Waals surface area contributed by atoms with Gasteiger partial charge in [0.1, 0.15) is 0 Å². The maximum Gasteiger partial charge on any atom is 0.251 e. The molecule has 5 nitrogen and oxygen atoms in total. The van der Waals surface area contributed by atoms with Gasteiger partial charge < -0.3 is 19.7 Å². The molecule has 3 rings (SSSR count). The summed E-state index contributed by atoms with van der Waals surface area (Å²) in [4.78, 5) is 14.9. The average molecular weight is 383 g/mol. The zero-order chi connectivity index (χ0) is 19.9. The van der Waals surface area contributed by atoms with E-state index in [0.717, 1.165) is 19.4 Å². The average Bonchev–Trinajstić information content (AvgIpc) is 3.02. The summed E-state index contributed by atoms with van der Waals surface area (Å²) in [5.74, 6) is 1.20. The van der Waals surface area contributed by atoms with Gasteiger partial charge in [0, 0.05) is 30.4 Å². The highest BCUT2D eigenvalue weighted by Crippen LogP contribution is 2.31. The number of hydrogen-bond acceptors (Lipinski definition) is 4. The lowest BCUT2D eigenvalue weighted by molar-refractivity contribution is 0.0953. The van der Waals surface area contributed by atoms with Crippen molar-refractivity contribution >= 4 is 11.6 Å². The first-order chi connectivity index (χ1) is 13.6. The van der Waals surface area contributed by atoms with Crippen molar-refractivity contribution in [1.29, 1.82) is 0 Å². The van der Waals surface area contributed by atoms with E-state index in [1.807, 2.05) is 13.8 Å². The maximum absolute atomic E-state index is 12.5. The van der Waals surface area contributed by atoms with Gasteiger partial charge in [-0.15, -0.1) is 0 Å². The molecule has 0 saturated carbocycles. The van der Waals surface area contributed by atoms with Crippen LogP contribution in [0, 0.1) is 0 Å². The van der Waals surface area contributed by atoms with Crippen LogP contribution in [0.15, 0.2) is 42.5 Å². The Bertz CT molecular complexity index is 806. The highest BCUT2D eigenvalue weighted by atomic mass is 16.5. The number of nitrogens with zero attached hydrogens (tertiary/aromatic N) is 1. The Morgan fingerprint density at radius 3 is 2.64 bits per heavy atom. The lowest BCUT2D eigenvalue weighted by Gasteiger charge is -2.25. The lowest BCUT2D eigenvalue weighted by Crippen LogP contribution is -2.33. The molecule has 1 heterocycles. The zero-order valence-corrected chi connectivity index (χ0v) is 17.0. The molecule has 0 aromatic heterocycles. The molecule has 1 amide bonds. The van der Waals surface area contributed by atoms with Crippen molar-refractivity contribution in [2.45, 2.75) is 39.7 Å². The molecular weight excluding hydrogens is 352 g/mol. The Morgan fingerprint density at radius 1 is 1.11 bits per heavy atom. The number of nitrogens with one attached hydrogen (secondary N) is 1. The molecule has 1 unspecified atom stereocenters. The molecule has 0 radical (unpaired) electrons. The standard InChI is InChI=1S/C23H30N2O3/c1-4-27-21-12-11-19(16-22(21)28-5-2)23(26)24-13-8-14-25-17(3)15-18-9-6-7-10-20(18)25/h6-7,9-12,16-17H,4-5,8,13-15H2,1-3H3,(H,24,26). The summed E-state index contributed by atoms with van der Waals surface area (Å²) in [6.45, 7) is 8.77. The quantitative estimate of drug-likeness (QED) is 0.665. The third-order valence-electron chi connectivity index (χ3n) is 5.02. The minimum absolute atomic E-state index is 0.0844. The van der Waals surface area contributed by atoms with Crippen molar-refractivity contribution in [3.05, 3.63) is 53.6 Å². The van der Waals surface area contributed by atoms with Crippen molar-refractivity contribution in [1.82, 2.24) is 5.32 Å². The van der Waals surface area contributed by atoms with Crippen LogP contribution in [0.1, 0.15) is 43.1 Å². The molecule has 0 spiro atoms. The van der Waals surface area contributed by atoms with Crippen LogP contribution < -0.4 is 19.7 Å². The predicted octanol–water partition coefficient (Wildman–Crippen LogP) is 4.06. The topological polar surface area (TPSA) is 50.8 Å². The van der Waals surface area contributed by atoms with Gasteiger partial charge in [-0.1, -0.05) is 18.2 Å². The van der Waals surface area contributed by atoms with E-state index in [-0.39, 0.29) is 5.91 Å². The number of amides is 1. The van der Waals surface area contributed by atoms with Gasteiger partial charge in [-0.05, 0) is 63.4 Å². The molecule has 2 aromatic carbocycles. The minimum atomic E-state index is -0.0844. The lowest BCUT2D eigenvalue weighted by atomic mass is 10.1. The summed E-state index contributed by atoms with van der Waals surface area (Å²) < 4.78 is 11.2. The van der Waals surface area contributed by atoms with Gasteiger partial charge in [-0.3, -0.25) is 4.79 Å². The van der Waals surface area contributed by atoms with Crippen LogP contribution in [0.4, 0.5) is 5.69 Å². The summed E-state index contributed by atoms with van der Waals surface area (Å²) in [5.41, 5.74) is 3.33. The Labute approximate surface area is 167 Å². The van der Waals surface area contributed by atoms with Crippen LogP contribution in [0.5, 0.6) is 11.5 Å². The SMILES string of the molecule is CCOc1ccc(C(=O)NCCCN2c3ccccc3CC2C)cc1OCC. The van der Waals surface area contributed by atoms with Gasteiger partial charge in [-0.25, -0.2) is 0 Å². The monoisotopic (exact) mass is 382 g/mol. The van der Waals surface area contributed by atoms with Crippen molar-refractivity contribution < 1.29 is 14.3 Å². The third-order valence-corrected chi connectivity index (χ3v) is 5.02. The van der Waals surface area contributed by atoms with Crippen LogP contribution in [0.2, 0.25) is 0 Å². The van der Waals surface area contributed by atoms with Crippen LogP contribution in [-0.2, 0) is 6.42 Å². The second-order valence-electron chi connectivity index (χ2n) is 7.01. The largest absolute Gasteiger partial charge is 0.490 e. The first-order valence-corrected chi connectivity index (χ1v) is 10.2. The van der Waals surface area contributed by atoms with Gasteiger partial charge in [0.15, 0.2) is 11.5 Å². The maximum atomic E-state index is 12.5. The zero-order valence-electron chi connectivity index (χ0n) is 17.0. The van der Waals surface area contributed by atoms with E-state index >= 15 is 0 Å². The van der Waals surface area contributed by atoms with E-state index in [9.17, 15) is 4.79 Å². The fourth-order valence-electron chi connectivity index (χ4n) is 3.72. The number of ether oxygens (including phenoxy) is 2.